The van der Waals surface area contributed by atoms with Crippen molar-refractivity contribution in [3.63, 3.8) is 0 Å². The minimum Gasteiger partial charge on any atom is -0.493 e. The van der Waals surface area contributed by atoms with Crippen LogP contribution >= 0.6 is 15.9 Å². The number of methoxy groups -OCH3 is 2. The molecule has 0 spiro atoms. The number of aromatic nitrogens is 2. The molecule has 3 aromatic rings. The lowest BCUT2D eigenvalue weighted by Crippen LogP contribution is -2.27. The van der Waals surface area contributed by atoms with E-state index in [-0.39, 0.29) is 5.91 Å². The largest absolute Gasteiger partial charge is 0.493 e. The molecule has 1 aliphatic heterocycles. The molecule has 8 heteroatoms. The van der Waals surface area contributed by atoms with E-state index >= 15 is 0 Å². The van der Waals surface area contributed by atoms with E-state index in [0.29, 0.717) is 30.3 Å². The number of halogens is 1. The van der Waals surface area contributed by atoms with Crippen LogP contribution in [-0.2, 0) is 4.79 Å². The summed E-state index contributed by atoms with van der Waals surface area (Å²) in [6, 6.07) is 11.7. The third-order valence-corrected chi connectivity index (χ3v) is 5.90. The number of benzene rings is 2. The summed E-state index contributed by atoms with van der Waals surface area (Å²) < 4.78 is 11.9. The van der Waals surface area contributed by atoms with E-state index in [9.17, 15) is 4.79 Å². The molecule has 1 aliphatic rings. The number of amides is 1. The second kappa shape index (κ2) is 9.51. The molecule has 0 aliphatic carbocycles. The molecule has 31 heavy (non-hydrogen) atoms. The van der Waals surface area contributed by atoms with Gasteiger partial charge in [0.1, 0.15) is 5.82 Å². The second-order valence-electron chi connectivity index (χ2n) is 7.39. The zero-order chi connectivity index (χ0) is 21.8. The van der Waals surface area contributed by atoms with E-state index in [2.05, 4.69) is 21.2 Å². The average Bonchev–Trinajstić information content (AvgIpc) is 3.20. The molecule has 1 saturated heterocycles. The van der Waals surface area contributed by atoms with Crippen molar-refractivity contribution in [1.82, 2.24) is 14.9 Å². The van der Waals surface area contributed by atoms with Crippen LogP contribution in [0.5, 0.6) is 11.5 Å². The summed E-state index contributed by atoms with van der Waals surface area (Å²) in [6.45, 7) is 2.32. The van der Waals surface area contributed by atoms with Gasteiger partial charge in [0.25, 0.3) is 0 Å². The Morgan fingerprint density at radius 2 is 1.84 bits per heavy atom. The summed E-state index contributed by atoms with van der Waals surface area (Å²) in [5.74, 6) is 2.86. The number of carbonyl (C=O) groups is 1. The normalized spacial score (nSPS) is 13.6. The molecule has 7 nitrogen and oxygen atoms in total. The Balaban J connectivity index is 1.64. The molecular formula is C23H25BrN4O3. The zero-order valence-corrected chi connectivity index (χ0v) is 19.2. The van der Waals surface area contributed by atoms with Gasteiger partial charge in [0.2, 0.25) is 5.91 Å². The number of anilines is 1. The predicted molar refractivity (Wildman–Crippen MR) is 125 cm³/mol. The highest BCUT2D eigenvalue weighted by atomic mass is 79.9. The average molecular weight is 485 g/mol. The molecule has 0 bridgehead atoms. The lowest BCUT2D eigenvalue weighted by molar-refractivity contribution is -0.127. The van der Waals surface area contributed by atoms with Gasteiger partial charge in [-0.15, -0.1) is 0 Å². The summed E-state index contributed by atoms with van der Waals surface area (Å²) in [7, 11) is 3.22. The van der Waals surface area contributed by atoms with Gasteiger partial charge in [-0.2, -0.15) is 0 Å². The van der Waals surface area contributed by atoms with Gasteiger partial charge in [0.15, 0.2) is 17.3 Å². The minimum absolute atomic E-state index is 0.252. The van der Waals surface area contributed by atoms with Crippen molar-refractivity contribution >= 4 is 38.6 Å². The number of nitrogens with zero attached hydrogens (tertiary/aromatic N) is 3. The maximum Gasteiger partial charge on any atom is 0.222 e. The third kappa shape index (κ3) is 4.74. The highest BCUT2D eigenvalue weighted by Gasteiger charge is 2.19. The van der Waals surface area contributed by atoms with E-state index in [0.717, 1.165) is 52.7 Å². The lowest BCUT2D eigenvalue weighted by Gasteiger charge is -2.17. The van der Waals surface area contributed by atoms with E-state index in [4.69, 9.17) is 19.4 Å². The van der Waals surface area contributed by atoms with E-state index in [1.807, 2.05) is 41.3 Å². The van der Waals surface area contributed by atoms with E-state index in [1.165, 1.54) is 0 Å². The van der Waals surface area contributed by atoms with Crippen molar-refractivity contribution in [3.8, 4) is 22.9 Å². The van der Waals surface area contributed by atoms with Crippen LogP contribution in [0.3, 0.4) is 0 Å². The molecule has 162 valence electrons. The Morgan fingerprint density at radius 1 is 1.10 bits per heavy atom. The number of rotatable bonds is 8. The number of likely N-dealkylation sites (tertiary alicyclic amines) is 1. The van der Waals surface area contributed by atoms with Gasteiger partial charge in [-0.3, -0.25) is 4.79 Å². The molecule has 0 radical (unpaired) electrons. The summed E-state index contributed by atoms with van der Waals surface area (Å²) in [5.41, 5.74) is 1.69. The first kappa shape index (κ1) is 21.4. The van der Waals surface area contributed by atoms with E-state index in [1.54, 1.807) is 14.2 Å². The first-order chi connectivity index (χ1) is 15.1. The lowest BCUT2D eigenvalue weighted by atomic mass is 10.1. The van der Waals surface area contributed by atoms with Crippen LogP contribution in [0.1, 0.15) is 19.3 Å². The standard InChI is InChI=1S/C23H25BrN4O3/c1-30-19-13-17-18(14-20(19)31-2)26-22(15-6-8-16(24)9-7-15)27-23(17)25-10-4-12-28-11-3-5-21(28)29/h6-9,13-14H,3-5,10-12H2,1-2H3,(H,25,26,27). The fraction of sp³-hybridized carbons (Fsp3) is 0.348. The van der Waals surface area contributed by atoms with Gasteiger partial charge in [0.05, 0.1) is 19.7 Å². The molecule has 0 atom stereocenters. The van der Waals surface area contributed by atoms with Crippen LogP contribution in [0.4, 0.5) is 5.82 Å². The first-order valence-corrected chi connectivity index (χ1v) is 11.1. The summed E-state index contributed by atoms with van der Waals surface area (Å²) in [5, 5.41) is 4.30. The number of nitrogens with one attached hydrogen (secondary N) is 1. The Morgan fingerprint density at radius 3 is 2.52 bits per heavy atom. The molecule has 0 saturated carbocycles. The molecular weight excluding hydrogens is 460 g/mol. The Bertz CT molecular complexity index is 1090. The summed E-state index contributed by atoms with van der Waals surface area (Å²) in [6.07, 6.45) is 2.47. The van der Waals surface area contributed by atoms with Crippen LogP contribution in [-0.4, -0.2) is 54.6 Å². The van der Waals surface area contributed by atoms with Gasteiger partial charge in [-0.1, -0.05) is 28.1 Å². The Hall–Kier alpha value is -2.87. The van der Waals surface area contributed by atoms with Crippen molar-refractivity contribution < 1.29 is 14.3 Å². The van der Waals surface area contributed by atoms with Crippen molar-refractivity contribution in [2.45, 2.75) is 19.3 Å². The Kier molecular flexibility index (Phi) is 6.56. The number of hydrogen-bond donors (Lipinski definition) is 1. The summed E-state index contributed by atoms with van der Waals surface area (Å²) >= 11 is 3.47. The van der Waals surface area contributed by atoms with Crippen LogP contribution in [0.15, 0.2) is 40.9 Å². The van der Waals surface area contributed by atoms with Gasteiger partial charge in [-0.05, 0) is 31.0 Å². The van der Waals surface area contributed by atoms with Crippen LogP contribution in [0, 0.1) is 0 Å². The third-order valence-electron chi connectivity index (χ3n) is 5.37. The van der Waals surface area contributed by atoms with Gasteiger partial charge < -0.3 is 19.7 Å². The predicted octanol–water partition coefficient (Wildman–Crippen LogP) is 4.50. The number of ether oxygens (including phenoxy) is 2. The maximum absolute atomic E-state index is 11.8. The van der Waals surface area contributed by atoms with Crippen molar-refractivity contribution in [2.75, 3.05) is 39.2 Å². The molecule has 4 rings (SSSR count). The highest BCUT2D eigenvalue weighted by Crippen LogP contribution is 2.35. The van der Waals surface area contributed by atoms with Crippen molar-refractivity contribution in [3.05, 3.63) is 40.9 Å². The molecule has 0 unspecified atom stereocenters. The quantitative estimate of drug-likeness (QED) is 0.474. The van der Waals surface area contributed by atoms with Crippen LogP contribution in [0.25, 0.3) is 22.3 Å². The monoisotopic (exact) mass is 484 g/mol. The molecule has 1 amide bonds. The van der Waals surface area contributed by atoms with Crippen molar-refractivity contribution in [2.24, 2.45) is 0 Å². The summed E-state index contributed by atoms with van der Waals surface area (Å²) in [4.78, 5) is 23.3. The van der Waals surface area contributed by atoms with Crippen LogP contribution < -0.4 is 14.8 Å². The fourth-order valence-corrected chi connectivity index (χ4v) is 4.00. The number of fused-ring (bicyclic) bond motifs is 1. The second-order valence-corrected chi connectivity index (χ2v) is 8.31. The molecule has 1 fully saturated rings. The minimum atomic E-state index is 0.252. The van der Waals surface area contributed by atoms with Gasteiger partial charge >= 0.3 is 0 Å². The number of hydrogen-bond acceptors (Lipinski definition) is 6. The maximum atomic E-state index is 11.8. The van der Waals surface area contributed by atoms with Crippen molar-refractivity contribution in [1.29, 1.82) is 0 Å². The zero-order valence-electron chi connectivity index (χ0n) is 17.7. The Labute approximate surface area is 189 Å². The fourth-order valence-electron chi connectivity index (χ4n) is 3.74. The van der Waals surface area contributed by atoms with Crippen LogP contribution in [0.2, 0.25) is 0 Å². The molecule has 2 heterocycles. The number of carbonyl (C=O) groups excluding carboxylic acids is 1. The van der Waals surface area contributed by atoms with Gasteiger partial charge in [-0.25, -0.2) is 9.97 Å². The first-order valence-electron chi connectivity index (χ1n) is 10.3. The van der Waals surface area contributed by atoms with E-state index < -0.39 is 0 Å². The molecule has 1 aromatic heterocycles. The topological polar surface area (TPSA) is 76.6 Å². The molecule has 2 aromatic carbocycles. The van der Waals surface area contributed by atoms with Gasteiger partial charge in [0, 0.05) is 47.5 Å². The SMILES string of the molecule is COc1cc2nc(-c3ccc(Br)cc3)nc(NCCCN3CCCC3=O)c2cc1OC. The molecule has 1 N–H and O–H groups in total. The highest BCUT2D eigenvalue weighted by molar-refractivity contribution is 9.10. The smallest absolute Gasteiger partial charge is 0.222 e.